The molecule has 0 radical (unpaired) electrons. The number of rotatable bonds is 3. The topological polar surface area (TPSA) is 53.5 Å². The van der Waals surface area contributed by atoms with Gasteiger partial charge in [-0.1, -0.05) is 6.08 Å². The van der Waals surface area contributed by atoms with Crippen LogP contribution in [0.3, 0.4) is 0 Å². The van der Waals surface area contributed by atoms with Gasteiger partial charge in [0.15, 0.2) is 0 Å². The number of nitrogens with zero attached hydrogens (tertiary/aromatic N) is 3. The maximum absolute atomic E-state index is 12.0. The molecule has 0 unspecified atom stereocenters. The van der Waals surface area contributed by atoms with Crippen LogP contribution in [0, 0.1) is 0 Å². The number of piperidine rings is 1. The Hall–Kier alpha value is -0.760. The number of likely N-dealkylation sites (tertiary alicyclic amines) is 1. The molecular weight excluding hydrogens is 354 g/mol. The van der Waals surface area contributed by atoms with Gasteiger partial charge in [0.2, 0.25) is 10.0 Å². The molecule has 0 spiro atoms. The van der Waals surface area contributed by atoms with E-state index < -0.39 is 10.0 Å². The smallest absolute Gasteiger partial charge is 0.236 e. The third kappa shape index (κ3) is 3.53. The van der Waals surface area contributed by atoms with E-state index in [-0.39, 0.29) is 6.04 Å². The van der Waals surface area contributed by atoms with E-state index in [2.05, 4.69) is 25.8 Å². The summed E-state index contributed by atoms with van der Waals surface area (Å²) in [6, 6.07) is 4.10. The number of aromatic nitrogens is 1. The van der Waals surface area contributed by atoms with E-state index in [1.54, 1.807) is 16.6 Å². The lowest BCUT2D eigenvalue weighted by Crippen LogP contribution is -2.48. The van der Waals surface area contributed by atoms with Crippen LogP contribution in [0.2, 0.25) is 0 Å². The van der Waals surface area contributed by atoms with Crippen LogP contribution in [-0.2, 0) is 16.6 Å². The molecule has 7 heteroatoms. The molecule has 1 aromatic rings. The molecule has 0 aliphatic carbocycles. The first kappa shape index (κ1) is 15.1. The number of sulfonamides is 1. The van der Waals surface area contributed by atoms with Gasteiger partial charge in [-0.3, -0.25) is 4.90 Å². The highest BCUT2D eigenvalue weighted by Crippen LogP contribution is 2.24. The Balaban J connectivity index is 1.66. The zero-order valence-corrected chi connectivity index (χ0v) is 14.1. The Bertz CT molecular complexity index is 647. The van der Waals surface area contributed by atoms with Gasteiger partial charge in [-0.15, -0.1) is 0 Å². The van der Waals surface area contributed by atoms with E-state index in [1.807, 2.05) is 12.1 Å². The summed E-state index contributed by atoms with van der Waals surface area (Å²) < 4.78 is 26.4. The monoisotopic (exact) mass is 371 g/mol. The van der Waals surface area contributed by atoms with Crippen LogP contribution >= 0.6 is 15.9 Å². The zero-order chi connectivity index (χ0) is 14.9. The van der Waals surface area contributed by atoms with Crippen LogP contribution < -0.4 is 0 Å². The fraction of sp³-hybridized carbons (Fsp3) is 0.500. The second-order valence-corrected chi connectivity index (χ2v) is 8.09. The maximum Gasteiger partial charge on any atom is 0.236 e. The van der Waals surface area contributed by atoms with Crippen LogP contribution in [0.25, 0.3) is 0 Å². The Morgan fingerprint density at radius 1 is 1.43 bits per heavy atom. The average molecular weight is 372 g/mol. The molecule has 1 saturated heterocycles. The zero-order valence-electron chi connectivity index (χ0n) is 11.7. The number of hydrogen-bond donors (Lipinski definition) is 0. The first-order chi connectivity index (χ1) is 10.0. The Kier molecular flexibility index (Phi) is 4.44. The molecule has 1 atom stereocenters. The highest BCUT2D eigenvalue weighted by Gasteiger charge is 2.33. The van der Waals surface area contributed by atoms with Gasteiger partial charge in [0.25, 0.3) is 0 Å². The molecule has 0 amide bonds. The van der Waals surface area contributed by atoms with Crippen molar-refractivity contribution in [3.05, 3.63) is 40.0 Å². The summed E-state index contributed by atoms with van der Waals surface area (Å²) in [7, 11) is -3.18. The van der Waals surface area contributed by atoms with Crippen molar-refractivity contribution >= 4 is 26.0 Å². The van der Waals surface area contributed by atoms with Crippen molar-refractivity contribution < 1.29 is 8.42 Å². The van der Waals surface area contributed by atoms with E-state index in [4.69, 9.17) is 0 Å². The fourth-order valence-corrected chi connectivity index (χ4v) is 4.80. The molecule has 2 aliphatic rings. The molecule has 21 heavy (non-hydrogen) atoms. The lowest BCUT2D eigenvalue weighted by molar-refractivity contribution is 0.149. The van der Waals surface area contributed by atoms with E-state index in [1.165, 1.54) is 11.0 Å². The molecule has 3 heterocycles. The largest absolute Gasteiger partial charge is 0.297 e. The Labute approximate surface area is 133 Å². The highest BCUT2D eigenvalue weighted by atomic mass is 79.9. The predicted octanol–water partition coefficient (Wildman–Crippen LogP) is 1.97. The first-order valence-corrected chi connectivity index (χ1v) is 9.35. The van der Waals surface area contributed by atoms with Crippen LogP contribution in [0.1, 0.15) is 18.4 Å². The lowest BCUT2D eigenvalue weighted by Gasteiger charge is -2.36. The third-order valence-corrected chi connectivity index (χ3v) is 6.04. The fourth-order valence-electron chi connectivity index (χ4n) is 3.02. The minimum absolute atomic E-state index is 0.0871. The molecule has 114 valence electrons. The molecular formula is C14H18BrN3O2S. The van der Waals surface area contributed by atoms with Gasteiger partial charge in [-0.05, 0) is 53.0 Å². The highest BCUT2D eigenvalue weighted by molar-refractivity contribution is 9.10. The van der Waals surface area contributed by atoms with Gasteiger partial charge in [0.05, 0.1) is 0 Å². The number of hydrogen-bond acceptors (Lipinski definition) is 4. The van der Waals surface area contributed by atoms with E-state index in [9.17, 15) is 8.42 Å². The molecule has 5 nitrogen and oxygen atoms in total. The Morgan fingerprint density at radius 2 is 2.29 bits per heavy atom. The van der Waals surface area contributed by atoms with Crippen LogP contribution in [0.4, 0.5) is 0 Å². The summed E-state index contributed by atoms with van der Waals surface area (Å²) in [4.78, 5) is 6.46. The quantitative estimate of drug-likeness (QED) is 0.762. The number of pyridine rings is 1. The molecule has 1 fully saturated rings. The van der Waals surface area contributed by atoms with Gasteiger partial charge < -0.3 is 0 Å². The minimum atomic E-state index is -3.18. The molecule has 0 aromatic carbocycles. The van der Waals surface area contributed by atoms with Crippen molar-refractivity contribution in [2.75, 3.05) is 19.6 Å². The van der Waals surface area contributed by atoms with Crippen molar-refractivity contribution in [1.29, 1.82) is 0 Å². The van der Waals surface area contributed by atoms with Gasteiger partial charge in [0, 0.05) is 37.3 Å². The second-order valence-electron chi connectivity index (χ2n) is 5.50. The summed E-state index contributed by atoms with van der Waals surface area (Å²) in [6.07, 6.45) is 5.49. The molecule has 0 bridgehead atoms. The summed E-state index contributed by atoms with van der Waals surface area (Å²) >= 11 is 3.38. The standard InChI is InChI=1S/C14H18BrN3O2S/c15-14-9-12(4-5-16-14)10-17-6-1-3-13(11-17)18-7-2-8-21(18,19)20/h2,4-5,8-9,13H,1,3,6-7,10-11H2/t13-/m1/s1. The summed E-state index contributed by atoms with van der Waals surface area (Å²) in [5.41, 5.74) is 1.19. The Morgan fingerprint density at radius 3 is 3.00 bits per heavy atom. The van der Waals surface area contributed by atoms with Gasteiger partial charge in [0.1, 0.15) is 4.60 Å². The lowest BCUT2D eigenvalue weighted by atomic mass is 10.0. The van der Waals surface area contributed by atoms with E-state index in [0.717, 1.165) is 37.1 Å². The third-order valence-electron chi connectivity index (χ3n) is 3.97. The van der Waals surface area contributed by atoms with Crippen LogP contribution in [0.15, 0.2) is 34.4 Å². The average Bonchev–Trinajstić information content (AvgIpc) is 2.79. The van der Waals surface area contributed by atoms with E-state index >= 15 is 0 Å². The number of halogens is 1. The second kappa shape index (κ2) is 6.16. The van der Waals surface area contributed by atoms with Crippen molar-refractivity contribution in [1.82, 2.24) is 14.2 Å². The summed E-state index contributed by atoms with van der Waals surface area (Å²) in [6.45, 7) is 3.15. The molecule has 0 saturated carbocycles. The van der Waals surface area contributed by atoms with Crippen molar-refractivity contribution in [3.8, 4) is 0 Å². The molecule has 2 aliphatic heterocycles. The van der Waals surface area contributed by atoms with Gasteiger partial charge in [-0.25, -0.2) is 13.4 Å². The van der Waals surface area contributed by atoms with Crippen molar-refractivity contribution in [3.63, 3.8) is 0 Å². The summed E-state index contributed by atoms with van der Waals surface area (Å²) in [5.74, 6) is 0. The van der Waals surface area contributed by atoms with Crippen molar-refractivity contribution in [2.45, 2.75) is 25.4 Å². The normalized spacial score (nSPS) is 26.2. The van der Waals surface area contributed by atoms with Crippen LogP contribution in [-0.4, -0.2) is 48.3 Å². The van der Waals surface area contributed by atoms with E-state index in [0.29, 0.717) is 6.54 Å². The van der Waals surface area contributed by atoms with Gasteiger partial charge >= 0.3 is 0 Å². The predicted molar refractivity (Wildman–Crippen MR) is 85.0 cm³/mol. The van der Waals surface area contributed by atoms with Crippen molar-refractivity contribution in [2.24, 2.45) is 0 Å². The summed E-state index contributed by atoms with van der Waals surface area (Å²) in [5, 5.41) is 1.33. The minimum Gasteiger partial charge on any atom is -0.297 e. The molecule has 1 aromatic heterocycles. The van der Waals surface area contributed by atoms with Crippen LogP contribution in [0.5, 0.6) is 0 Å². The molecule has 0 N–H and O–H groups in total. The van der Waals surface area contributed by atoms with Gasteiger partial charge in [-0.2, -0.15) is 4.31 Å². The first-order valence-electron chi connectivity index (χ1n) is 7.06. The maximum atomic E-state index is 12.0. The molecule has 3 rings (SSSR count). The SMILES string of the molecule is O=S1(=O)C=CCN1[C@@H]1CCCN(Cc2ccnc(Br)c2)C1.